The standard InChI is InChI=1S/C20H36INO5/c1-12-6-7-15-13(2)16(25-11-10-22-18(3,4)21)26-17-20(15,24)14(12)8-9-19(5,23)27-17/h12-17,22-24H,6-11H2,1-5H3/t12-,13-,14?,15?,16?,17-,19?,20-/m1/s1. The molecule has 0 amide bonds. The van der Waals surface area contributed by atoms with Crippen molar-refractivity contribution in [1.29, 1.82) is 0 Å². The van der Waals surface area contributed by atoms with E-state index in [9.17, 15) is 10.2 Å². The Bertz CT molecular complexity index is 525. The molecule has 0 spiro atoms. The molecule has 1 aliphatic carbocycles. The fraction of sp³-hybridized carbons (Fsp3) is 1.00. The Morgan fingerprint density at radius 2 is 1.89 bits per heavy atom. The van der Waals surface area contributed by atoms with Gasteiger partial charge in [0.15, 0.2) is 18.4 Å². The molecule has 3 N–H and O–H groups in total. The number of hydrogen-bond acceptors (Lipinski definition) is 6. The van der Waals surface area contributed by atoms with Gasteiger partial charge in [-0.1, -0.05) is 36.4 Å². The van der Waals surface area contributed by atoms with Crippen molar-refractivity contribution < 1.29 is 24.4 Å². The second-order valence-electron chi connectivity index (χ2n) is 9.45. The maximum Gasteiger partial charge on any atom is 0.193 e. The number of hydrogen-bond donors (Lipinski definition) is 3. The lowest BCUT2D eigenvalue weighted by Crippen LogP contribution is -2.67. The molecule has 3 rings (SSSR count). The van der Waals surface area contributed by atoms with Crippen molar-refractivity contribution in [3.05, 3.63) is 0 Å². The second-order valence-corrected chi connectivity index (χ2v) is 12.1. The monoisotopic (exact) mass is 497 g/mol. The maximum atomic E-state index is 11.8. The zero-order valence-electron chi connectivity index (χ0n) is 17.2. The van der Waals surface area contributed by atoms with Crippen LogP contribution in [-0.2, 0) is 14.2 Å². The predicted octanol–water partition coefficient (Wildman–Crippen LogP) is 2.99. The van der Waals surface area contributed by atoms with Crippen LogP contribution in [0.5, 0.6) is 0 Å². The fourth-order valence-corrected chi connectivity index (χ4v) is 5.52. The summed E-state index contributed by atoms with van der Waals surface area (Å²) < 4.78 is 18.1. The summed E-state index contributed by atoms with van der Waals surface area (Å²) in [5.41, 5.74) is -1.07. The van der Waals surface area contributed by atoms with Crippen molar-refractivity contribution in [2.24, 2.45) is 23.7 Å². The zero-order chi connectivity index (χ0) is 20.0. The second kappa shape index (κ2) is 7.96. The molecule has 3 fully saturated rings. The van der Waals surface area contributed by atoms with Crippen molar-refractivity contribution in [1.82, 2.24) is 5.32 Å². The molecular formula is C20H36INO5. The van der Waals surface area contributed by atoms with Gasteiger partial charge in [-0.25, -0.2) is 0 Å². The highest BCUT2D eigenvalue weighted by molar-refractivity contribution is 14.1. The summed E-state index contributed by atoms with van der Waals surface area (Å²) in [6, 6.07) is 0. The molecule has 27 heavy (non-hydrogen) atoms. The molecule has 6 nitrogen and oxygen atoms in total. The first-order valence-corrected chi connectivity index (χ1v) is 11.4. The van der Waals surface area contributed by atoms with Crippen LogP contribution in [0.1, 0.15) is 60.3 Å². The molecule has 0 bridgehead atoms. The molecule has 3 aliphatic rings. The van der Waals surface area contributed by atoms with Crippen LogP contribution in [0.3, 0.4) is 0 Å². The van der Waals surface area contributed by atoms with Crippen molar-refractivity contribution in [3.8, 4) is 0 Å². The Balaban J connectivity index is 1.75. The quantitative estimate of drug-likeness (QED) is 0.235. The molecule has 0 aromatic heterocycles. The minimum absolute atomic E-state index is 0.0102. The third kappa shape index (κ3) is 4.64. The molecule has 2 saturated heterocycles. The maximum absolute atomic E-state index is 11.8. The van der Waals surface area contributed by atoms with Crippen LogP contribution < -0.4 is 5.32 Å². The van der Waals surface area contributed by atoms with E-state index in [1.54, 1.807) is 6.92 Å². The van der Waals surface area contributed by atoms with Gasteiger partial charge in [-0.15, -0.1) is 0 Å². The average molecular weight is 497 g/mol. The van der Waals surface area contributed by atoms with E-state index in [0.717, 1.165) is 25.8 Å². The summed E-state index contributed by atoms with van der Waals surface area (Å²) >= 11 is 2.35. The lowest BCUT2D eigenvalue weighted by Gasteiger charge is -2.57. The average Bonchev–Trinajstić information content (AvgIpc) is 2.63. The summed E-state index contributed by atoms with van der Waals surface area (Å²) in [5, 5.41) is 25.8. The van der Waals surface area contributed by atoms with Gasteiger partial charge in [0, 0.05) is 24.8 Å². The van der Waals surface area contributed by atoms with E-state index >= 15 is 0 Å². The van der Waals surface area contributed by atoms with Crippen LogP contribution in [0.2, 0.25) is 0 Å². The molecule has 0 aromatic carbocycles. The zero-order valence-corrected chi connectivity index (χ0v) is 19.4. The van der Waals surface area contributed by atoms with Crippen LogP contribution in [0.25, 0.3) is 0 Å². The molecule has 2 aliphatic heterocycles. The van der Waals surface area contributed by atoms with Gasteiger partial charge in [0.25, 0.3) is 0 Å². The Hall–Kier alpha value is 0.490. The van der Waals surface area contributed by atoms with Crippen LogP contribution in [0.15, 0.2) is 0 Å². The van der Waals surface area contributed by atoms with Gasteiger partial charge < -0.3 is 29.7 Å². The first-order valence-electron chi connectivity index (χ1n) is 10.3. The van der Waals surface area contributed by atoms with E-state index in [2.05, 4.69) is 55.6 Å². The number of nitrogens with one attached hydrogen (secondary N) is 1. The van der Waals surface area contributed by atoms with Crippen LogP contribution in [0, 0.1) is 23.7 Å². The summed E-state index contributed by atoms with van der Waals surface area (Å²) in [4.78, 5) is 0. The summed E-state index contributed by atoms with van der Waals surface area (Å²) in [6.07, 6.45) is 1.96. The fourth-order valence-electron chi connectivity index (χ4n) is 5.25. The molecular weight excluding hydrogens is 461 g/mol. The predicted molar refractivity (Wildman–Crippen MR) is 111 cm³/mol. The highest BCUT2D eigenvalue weighted by Gasteiger charge is 2.63. The lowest BCUT2D eigenvalue weighted by molar-refractivity contribution is -0.408. The molecule has 0 radical (unpaired) electrons. The van der Waals surface area contributed by atoms with E-state index in [0.29, 0.717) is 18.9 Å². The Kier molecular flexibility index (Phi) is 6.54. The van der Waals surface area contributed by atoms with Gasteiger partial charge in [-0.2, -0.15) is 0 Å². The van der Waals surface area contributed by atoms with Crippen LogP contribution in [0.4, 0.5) is 0 Å². The third-order valence-electron chi connectivity index (χ3n) is 6.72. The molecule has 8 atom stereocenters. The Morgan fingerprint density at radius 1 is 1.19 bits per heavy atom. The van der Waals surface area contributed by atoms with E-state index in [4.69, 9.17) is 14.2 Å². The van der Waals surface area contributed by atoms with Crippen molar-refractivity contribution in [3.63, 3.8) is 0 Å². The van der Waals surface area contributed by atoms with E-state index in [1.165, 1.54) is 0 Å². The highest BCUT2D eigenvalue weighted by Crippen LogP contribution is 2.55. The van der Waals surface area contributed by atoms with Gasteiger partial charge in [0.1, 0.15) is 5.60 Å². The SMILES string of the molecule is C[C@H]1C(OCCNC(C)(C)I)O[C@@H]2OC(C)(O)CCC3[C@H](C)CCC1[C@]32O. The topological polar surface area (TPSA) is 80.2 Å². The number of rotatable bonds is 5. The van der Waals surface area contributed by atoms with Crippen LogP contribution >= 0.6 is 22.6 Å². The normalized spacial score (nSPS) is 48.0. The molecule has 1 saturated carbocycles. The first-order chi connectivity index (χ1) is 12.4. The number of aliphatic hydroxyl groups is 2. The van der Waals surface area contributed by atoms with Crippen LogP contribution in [-0.4, -0.2) is 50.9 Å². The van der Waals surface area contributed by atoms with Gasteiger partial charge >= 0.3 is 0 Å². The van der Waals surface area contributed by atoms with Gasteiger partial charge in [0.05, 0.1) is 10.2 Å². The summed E-state index contributed by atoms with van der Waals surface area (Å²) in [7, 11) is 0. The summed E-state index contributed by atoms with van der Waals surface area (Å²) in [5.74, 6) is -0.722. The van der Waals surface area contributed by atoms with Gasteiger partial charge in [0.2, 0.25) is 0 Å². The molecule has 2 heterocycles. The number of halogens is 1. The van der Waals surface area contributed by atoms with E-state index in [-0.39, 0.29) is 21.3 Å². The Labute approximate surface area is 176 Å². The van der Waals surface area contributed by atoms with Gasteiger partial charge in [-0.3, -0.25) is 0 Å². The first kappa shape index (κ1) is 22.2. The number of ether oxygens (including phenoxy) is 3. The minimum atomic E-state index is -1.29. The highest BCUT2D eigenvalue weighted by atomic mass is 127. The molecule has 4 unspecified atom stereocenters. The largest absolute Gasteiger partial charge is 0.384 e. The van der Waals surface area contributed by atoms with Crippen molar-refractivity contribution in [2.45, 2.75) is 87.8 Å². The molecule has 158 valence electrons. The molecule has 0 aromatic rings. The summed E-state index contributed by atoms with van der Waals surface area (Å²) in [6.45, 7) is 11.4. The third-order valence-corrected chi connectivity index (χ3v) is 7.10. The van der Waals surface area contributed by atoms with Gasteiger partial charge in [-0.05, 0) is 51.9 Å². The minimum Gasteiger partial charge on any atom is -0.384 e. The van der Waals surface area contributed by atoms with Crippen molar-refractivity contribution >= 4 is 22.6 Å². The van der Waals surface area contributed by atoms with E-state index < -0.39 is 24.0 Å². The van der Waals surface area contributed by atoms with Crippen molar-refractivity contribution in [2.75, 3.05) is 13.2 Å². The molecule has 7 heteroatoms. The Morgan fingerprint density at radius 3 is 2.56 bits per heavy atom. The van der Waals surface area contributed by atoms with E-state index in [1.807, 2.05) is 0 Å². The smallest absolute Gasteiger partial charge is 0.193 e. The number of alkyl halides is 1. The lowest BCUT2D eigenvalue weighted by atomic mass is 9.58.